The summed E-state index contributed by atoms with van der Waals surface area (Å²) in [6.45, 7) is 3.08. The van der Waals surface area contributed by atoms with Crippen molar-refractivity contribution >= 4 is 17.3 Å². The van der Waals surface area contributed by atoms with Crippen molar-refractivity contribution in [2.24, 2.45) is 11.7 Å². The Labute approximate surface area is 182 Å². The third kappa shape index (κ3) is 5.45. The van der Waals surface area contributed by atoms with Gasteiger partial charge in [0.25, 0.3) is 5.69 Å². The van der Waals surface area contributed by atoms with Crippen molar-refractivity contribution in [3.05, 3.63) is 58.1 Å². The number of benzene rings is 2. The number of hydrogen-bond donors (Lipinski definition) is 1. The van der Waals surface area contributed by atoms with Gasteiger partial charge in [0.05, 0.1) is 18.6 Å². The SMILES string of the molecule is CCOc1ccc(CN(c2ccc([N+](=O)[O-])cc2)C2CCC(C(N)=O)CC2)cc1OC. The van der Waals surface area contributed by atoms with E-state index in [4.69, 9.17) is 15.2 Å². The number of anilines is 1. The first-order valence-corrected chi connectivity index (χ1v) is 10.5. The van der Waals surface area contributed by atoms with Crippen molar-refractivity contribution in [2.75, 3.05) is 18.6 Å². The molecule has 0 radical (unpaired) electrons. The van der Waals surface area contributed by atoms with E-state index >= 15 is 0 Å². The van der Waals surface area contributed by atoms with E-state index in [0.717, 1.165) is 36.9 Å². The molecular weight excluding hydrogens is 398 g/mol. The smallest absolute Gasteiger partial charge is 0.269 e. The fourth-order valence-electron chi connectivity index (χ4n) is 4.15. The molecule has 0 bridgehead atoms. The van der Waals surface area contributed by atoms with Gasteiger partial charge in [-0.05, 0) is 62.4 Å². The van der Waals surface area contributed by atoms with Gasteiger partial charge in [0.15, 0.2) is 11.5 Å². The Hall–Kier alpha value is -3.29. The summed E-state index contributed by atoms with van der Waals surface area (Å²) in [6.07, 6.45) is 3.16. The van der Waals surface area contributed by atoms with Crippen molar-refractivity contribution in [1.29, 1.82) is 0 Å². The van der Waals surface area contributed by atoms with Crippen LogP contribution in [0.2, 0.25) is 0 Å². The minimum absolute atomic E-state index is 0.0591. The lowest BCUT2D eigenvalue weighted by Crippen LogP contribution is -2.40. The maximum atomic E-state index is 11.6. The van der Waals surface area contributed by atoms with Gasteiger partial charge in [0, 0.05) is 36.3 Å². The normalized spacial score (nSPS) is 18.3. The van der Waals surface area contributed by atoms with Gasteiger partial charge in [-0.25, -0.2) is 0 Å². The summed E-state index contributed by atoms with van der Waals surface area (Å²) >= 11 is 0. The number of methoxy groups -OCH3 is 1. The number of nitro groups is 1. The standard InChI is InChI=1S/C23H29N3O5/c1-3-31-21-13-4-16(14-22(21)30-2)15-25(18-7-5-17(6-8-18)23(24)27)19-9-11-20(12-10-19)26(28)29/h4,9-14,17-18H,3,5-8,15H2,1-2H3,(H2,24,27). The molecule has 1 saturated carbocycles. The number of primary amides is 1. The Balaban J connectivity index is 1.87. The van der Waals surface area contributed by atoms with E-state index < -0.39 is 4.92 Å². The van der Waals surface area contributed by atoms with Crippen molar-refractivity contribution in [2.45, 2.75) is 45.2 Å². The summed E-state index contributed by atoms with van der Waals surface area (Å²) in [7, 11) is 1.61. The van der Waals surface area contributed by atoms with Gasteiger partial charge in [-0.15, -0.1) is 0 Å². The number of non-ortho nitro benzene ring substituents is 1. The quantitative estimate of drug-likeness (QED) is 0.478. The van der Waals surface area contributed by atoms with Crippen LogP contribution in [0.5, 0.6) is 11.5 Å². The van der Waals surface area contributed by atoms with Crippen LogP contribution in [-0.2, 0) is 11.3 Å². The summed E-state index contributed by atoms with van der Waals surface area (Å²) in [5.74, 6) is 1.04. The van der Waals surface area contributed by atoms with E-state index in [1.807, 2.05) is 25.1 Å². The fraction of sp³-hybridized carbons (Fsp3) is 0.435. The fourth-order valence-corrected chi connectivity index (χ4v) is 4.15. The summed E-state index contributed by atoms with van der Waals surface area (Å²) in [5.41, 5.74) is 7.50. The van der Waals surface area contributed by atoms with Crippen molar-refractivity contribution < 1.29 is 19.2 Å². The molecule has 0 unspecified atom stereocenters. The molecule has 8 nitrogen and oxygen atoms in total. The van der Waals surface area contributed by atoms with Crippen LogP contribution in [0, 0.1) is 16.0 Å². The number of nitrogens with two attached hydrogens (primary N) is 1. The van der Waals surface area contributed by atoms with Gasteiger partial charge in [-0.2, -0.15) is 0 Å². The molecular formula is C23H29N3O5. The molecule has 0 saturated heterocycles. The van der Waals surface area contributed by atoms with Crippen LogP contribution in [0.15, 0.2) is 42.5 Å². The maximum absolute atomic E-state index is 11.6. The lowest BCUT2D eigenvalue weighted by atomic mass is 9.84. The molecule has 2 N–H and O–H groups in total. The first kappa shape index (κ1) is 22.4. The minimum Gasteiger partial charge on any atom is -0.493 e. The van der Waals surface area contributed by atoms with Crippen LogP contribution in [0.3, 0.4) is 0 Å². The molecule has 31 heavy (non-hydrogen) atoms. The molecule has 1 aliphatic rings. The molecule has 8 heteroatoms. The second-order valence-corrected chi connectivity index (χ2v) is 7.73. The Morgan fingerprint density at radius 3 is 2.35 bits per heavy atom. The average Bonchev–Trinajstić information content (AvgIpc) is 2.78. The van der Waals surface area contributed by atoms with Gasteiger partial charge >= 0.3 is 0 Å². The molecule has 1 fully saturated rings. The zero-order chi connectivity index (χ0) is 22.4. The molecule has 3 rings (SSSR count). The summed E-state index contributed by atoms with van der Waals surface area (Å²) in [6, 6.07) is 12.7. The van der Waals surface area contributed by atoms with Crippen LogP contribution in [0.4, 0.5) is 11.4 Å². The molecule has 0 heterocycles. The molecule has 166 valence electrons. The van der Waals surface area contributed by atoms with Gasteiger partial charge in [0.2, 0.25) is 5.91 Å². The van der Waals surface area contributed by atoms with Crippen molar-refractivity contribution in [1.82, 2.24) is 0 Å². The van der Waals surface area contributed by atoms with Crippen molar-refractivity contribution in [3.8, 4) is 11.5 Å². The Bertz CT molecular complexity index is 908. The predicted molar refractivity (Wildman–Crippen MR) is 118 cm³/mol. The third-order valence-electron chi connectivity index (χ3n) is 5.81. The number of amides is 1. The van der Waals surface area contributed by atoms with Gasteiger partial charge in [-0.1, -0.05) is 6.07 Å². The number of carbonyl (C=O) groups excluding carboxylic acids is 1. The number of rotatable bonds is 9. The van der Waals surface area contributed by atoms with E-state index in [-0.39, 0.29) is 23.6 Å². The monoisotopic (exact) mass is 427 g/mol. The van der Waals surface area contributed by atoms with Crippen LogP contribution >= 0.6 is 0 Å². The summed E-state index contributed by atoms with van der Waals surface area (Å²) in [5, 5.41) is 11.1. The topological polar surface area (TPSA) is 108 Å². The Morgan fingerprint density at radius 2 is 1.81 bits per heavy atom. The maximum Gasteiger partial charge on any atom is 0.269 e. The highest BCUT2D eigenvalue weighted by Crippen LogP contribution is 2.34. The van der Waals surface area contributed by atoms with Crippen LogP contribution < -0.4 is 20.1 Å². The molecule has 0 atom stereocenters. The predicted octanol–water partition coefficient (Wildman–Crippen LogP) is 4.05. The number of carbonyl (C=O) groups is 1. The van der Waals surface area contributed by atoms with Crippen LogP contribution in [0.1, 0.15) is 38.2 Å². The largest absolute Gasteiger partial charge is 0.493 e. The average molecular weight is 428 g/mol. The van der Waals surface area contributed by atoms with E-state index in [0.29, 0.717) is 24.7 Å². The molecule has 0 aliphatic heterocycles. The second-order valence-electron chi connectivity index (χ2n) is 7.73. The van der Waals surface area contributed by atoms with E-state index in [9.17, 15) is 14.9 Å². The zero-order valence-electron chi connectivity index (χ0n) is 18.0. The highest BCUT2D eigenvalue weighted by molar-refractivity contribution is 5.76. The van der Waals surface area contributed by atoms with Crippen LogP contribution in [-0.4, -0.2) is 30.6 Å². The molecule has 2 aromatic rings. The number of hydrogen-bond acceptors (Lipinski definition) is 6. The molecule has 1 aliphatic carbocycles. The highest BCUT2D eigenvalue weighted by atomic mass is 16.6. The first-order chi connectivity index (χ1) is 14.9. The van der Waals surface area contributed by atoms with Crippen LogP contribution in [0.25, 0.3) is 0 Å². The van der Waals surface area contributed by atoms with Gasteiger partial charge in [-0.3, -0.25) is 14.9 Å². The summed E-state index contributed by atoms with van der Waals surface area (Å²) in [4.78, 5) is 24.5. The van der Waals surface area contributed by atoms with Crippen molar-refractivity contribution in [3.63, 3.8) is 0 Å². The number of nitrogens with zero attached hydrogens (tertiary/aromatic N) is 2. The molecule has 0 aromatic heterocycles. The lowest BCUT2D eigenvalue weighted by molar-refractivity contribution is -0.384. The number of ether oxygens (including phenoxy) is 2. The van der Waals surface area contributed by atoms with Gasteiger partial charge < -0.3 is 20.1 Å². The molecule has 2 aromatic carbocycles. The van der Waals surface area contributed by atoms with Gasteiger partial charge in [0.1, 0.15) is 0 Å². The Morgan fingerprint density at radius 1 is 1.13 bits per heavy atom. The molecule has 1 amide bonds. The lowest BCUT2D eigenvalue weighted by Gasteiger charge is -2.38. The number of nitro benzene ring substituents is 1. The van der Waals surface area contributed by atoms with E-state index in [1.165, 1.54) is 12.1 Å². The second kappa shape index (κ2) is 10.1. The zero-order valence-corrected chi connectivity index (χ0v) is 18.0. The Kier molecular flexibility index (Phi) is 7.33. The van der Waals surface area contributed by atoms with E-state index in [2.05, 4.69) is 4.90 Å². The third-order valence-corrected chi connectivity index (χ3v) is 5.81. The summed E-state index contributed by atoms with van der Waals surface area (Å²) < 4.78 is 11.1. The first-order valence-electron chi connectivity index (χ1n) is 10.5. The van der Waals surface area contributed by atoms with E-state index in [1.54, 1.807) is 19.2 Å². The minimum atomic E-state index is -0.399. The highest BCUT2D eigenvalue weighted by Gasteiger charge is 2.29. The molecule has 0 spiro atoms.